The fraction of sp³-hybridized carbons (Fsp3) is 0.111. The Bertz CT molecular complexity index is 910. The number of imide groups is 1. The molecule has 0 atom stereocenters. The number of halogens is 3. The van der Waals surface area contributed by atoms with E-state index in [1.54, 1.807) is 36.4 Å². The fourth-order valence-corrected chi connectivity index (χ4v) is 3.03. The van der Waals surface area contributed by atoms with Crippen LogP contribution in [-0.4, -0.2) is 18.4 Å². The molecule has 2 aromatic carbocycles. The maximum absolute atomic E-state index is 12.7. The van der Waals surface area contributed by atoms with Crippen molar-refractivity contribution in [1.29, 1.82) is 0 Å². The van der Waals surface area contributed by atoms with Gasteiger partial charge in [-0.1, -0.05) is 40.9 Å². The number of hydrogen-bond donors (Lipinski definition) is 1. The van der Waals surface area contributed by atoms with Crippen LogP contribution in [0, 0.1) is 0 Å². The molecule has 0 saturated carbocycles. The minimum atomic E-state index is -0.672. The van der Waals surface area contributed by atoms with Crippen molar-refractivity contribution >= 4 is 58.0 Å². The molecule has 0 radical (unpaired) electrons. The van der Waals surface area contributed by atoms with Crippen LogP contribution in [0.15, 0.2) is 53.2 Å². The minimum Gasteiger partial charge on any atom is -0.494 e. The van der Waals surface area contributed by atoms with Gasteiger partial charge in [-0.2, -0.15) is 0 Å². The molecule has 0 fully saturated rings. The smallest absolute Gasteiger partial charge is 0.283 e. The zero-order valence-electron chi connectivity index (χ0n) is 13.6. The van der Waals surface area contributed by atoms with E-state index >= 15 is 0 Å². The van der Waals surface area contributed by atoms with E-state index < -0.39 is 11.8 Å². The Morgan fingerprint density at radius 3 is 2.35 bits per heavy atom. The van der Waals surface area contributed by atoms with Gasteiger partial charge in [-0.05, 0) is 43.3 Å². The van der Waals surface area contributed by atoms with Gasteiger partial charge in [0.25, 0.3) is 11.8 Å². The van der Waals surface area contributed by atoms with E-state index in [1.165, 1.54) is 6.07 Å². The Kier molecular flexibility index (Phi) is 5.41. The molecule has 8 heteroatoms. The zero-order valence-corrected chi connectivity index (χ0v) is 15.8. The fourth-order valence-electron chi connectivity index (χ4n) is 2.44. The lowest BCUT2D eigenvalue weighted by Crippen LogP contribution is -2.32. The van der Waals surface area contributed by atoms with E-state index in [2.05, 4.69) is 5.32 Å². The first kappa shape index (κ1) is 18.6. The molecule has 0 aliphatic carbocycles. The number of benzene rings is 2. The highest BCUT2D eigenvalue weighted by Crippen LogP contribution is 2.37. The number of anilines is 2. The quantitative estimate of drug-likeness (QED) is 0.716. The number of carbonyl (C=O) groups is 2. The predicted octanol–water partition coefficient (Wildman–Crippen LogP) is 4.83. The van der Waals surface area contributed by atoms with Gasteiger partial charge in [-0.15, -0.1) is 0 Å². The number of carbonyl (C=O) groups excluding carboxylic acids is 2. The average Bonchev–Trinajstić information content (AvgIpc) is 2.83. The molecule has 5 nitrogen and oxygen atoms in total. The Hall–Kier alpha value is -2.21. The van der Waals surface area contributed by atoms with Crippen LogP contribution in [0.1, 0.15) is 6.92 Å². The van der Waals surface area contributed by atoms with Crippen molar-refractivity contribution in [3.8, 4) is 5.75 Å². The minimum absolute atomic E-state index is 0.0307. The molecule has 26 heavy (non-hydrogen) atoms. The van der Waals surface area contributed by atoms with E-state index in [4.69, 9.17) is 39.5 Å². The van der Waals surface area contributed by atoms with E-state index in [-0.39, 0.29) is 26.5 Å². The van der Waals surface area contributed by atoms with Crippen LogP contribution in [0.25, 0.3) is 0 Å². The lowest BCUT2D eigenvalue weighted by Gasteiger charge is -2.17. The maximum Gasteiger partial charge on any atom is 0.283 e. The van der Waals surface area contributed by atoms with Crippen molar-refractivity contribution in [1.82, 2.24) is 0 Å². The zero-order chi connectivity index (χ0) is 18.8. The largest absolute Gasteiger partial charge is 0.494 e. The highest BCUT2D eigenvalue weighted by Gasteiger charge is 2.40. The summed E-state index contributed by atoms with van der Waals surface area (Å²) >= 11 is 18.2. The number of hydrogen-bond acceptors (Lipinski definition) is 4. The molecule has 0 unspecified atom stereocenters. The predicted molar refractivity (Wildman–Crippen MR) is 103 cm³/mol. The van der Waals surface area contributed by atoms with Crippen molar-refractivity contribution < 1.29 is 14.3 Å². The third-order valence-corrected chi connectivity index (χ3v) is 4.79. The van der Waals surface area contributed by atoms with Crippen molar-refractivity contribution in [2.24, 2.45) is 0 Å². The van der Waals surface area contributed by atoms with Gasteiger partial charge in [0.2, 0.25) is 0 Å². The second-order valence-corrected chi connectivity index (χ2v) is 6.45. The van der Waals surface area contributed by atoms with E-state index in [1.807, 2.05) is 6.92 Å². The summed E-state index contributed by atoms with van der Waals surface area (Å²) in [6.07, 6.45) is 0. The highest BCUT2D eigenvalue weighted by atomic mass is 35.5. The lowest BCUT2D eigenvalue weighted by molar-refractivity contribution is -0.120. The Morgan fingerprint density at radius 2 is 1.69 bits per heavy atom. The van der Waals surface area contributed by atoms with Gasteiger partial charge in [0.05, 0.1) is 22.3 Å². The highest BCUT2D eigenvalue weighted by molar-refractivity contribution is 6.54. The topological polar surface area (TPSA) is 58.6 Å². The molecule has 134 valence electrons. The Balaban J connectivity index is 1.88. The van der Waals surface area contributed by atoms with Crippen LogP contribution in [0.4, 0.5) is 11.4 Å². The molecule has 3 rings (SSSR count). The first-order valence-corrected chi connectivity index (χ1v) is 8.80. The number of rotatable bonds is 5. The second-order valence-electron chi connectivity index (χ2n) is 5.29. The number of nitrogens with one attached hydrogen (secondary N) is 1. The summed E-state index contributed by atoms with van der Waals surface area (Å²) < 4.78 is 5.37. The summed E-state index contributed by atoms with van der Waals surface area (Å²) in [5, 5.41) is 2.99. The van der Waals surface area contributed by atoms with Gasteiger partial charge in [0.15, 0.2) is 0 Å². The summed E-state index contributed by atoms with van der Waals surface area (Å²) in [6.45, 7) is 2.43. The summed E-state index contributed by atoms with van der Waals surface area (Å²) in [5.74, 6) is -0.591. The number of nitrogens with zero attached hydrogens (tertiary/aromatic N) is 1. The molecule has 1 aliphatic rings. The van der Waals surface area contributed by atoms with Crippen molar-refractivity contribution in [2.45, 2.75) is 6.92 Å². The van der Waals surface area contributed by atoms with Crippen LogP contribution in [-0.2, 0) is 9.59 Å². The Labute approximate surface area is 165 Å². The molecule has 1 heterocycles. The van der Waals surface area contributed by atoms with Gasteiger partial charge in [0.1, 0.15) is 16.5 Å². The van der Waals surface area contributed by atoms with Gasteiger partial charge < -0.3 is 10.1 Å². The van der Waals surface area contributed by atoms with E-state index in [0.29, 0.717) is 18.0 Å². The standard InChI is InChI=1S/C18H13Cl3N2O3/c1-2-26-11-8-6-10(7-9-11)22-16-15(21)17(24)23(18(16)25)13-5-3-4-12(19)14(13)20/h3-9,22H,2H2,1H3. The van der Waals surface area contributed by atoms with Crippen LogP contribution in [0.5, 0.6) is 5.75 Å². The molecular formula is C18H13Cl3N2O3. The van der Waals surface area contributed by atoms with Gasteiger partial charge in [-0.25, -0.2) is 4.90 Å². The van der Waals surface area contributed by atoms with Gasteiger partial charge >= 0.3 is 0 Å². The molecule has 0 spiro atoms. The van der Waals surface area contributed by atoms with Crippen molar-refractivity contribution in [3.05, 3.63) is 63.2 Å². The molecule has 0 saturated heterocycles. The molecule has 2 amide bonds. The monoisotopic (exact) mass is 410 g/mol. The molecule has 0 bridgehead atoms. The summed E-state index contributed by atoms with van der Waals surface area (Å²) in [6, 6.07) is 11.6. The third kappa shape index (κ3) is 3.38. The second kappa shape index (κ2) is 7.58. The first-order valence-electron chi connectivity index (χ1n) is 7.66. The number of ether oxygens (including phenoxy) is 1. The van der Waals surface area contributed by atoms with Crippen LogP contribution < -0.4 is 15.0 Å². The van der Waals surface area contributed by atoms with Gasteiger partial charge in [-0.3, -0.25) is 9.59 Å². The molecule has 1 aliphatic heterocycles. The lowest BCUT2D eigenvalue weighted by atomic mass is 10.2. The molecule has 1 N–H and O–H groups in total. The molecule has 2 aromatic rings. The average molecular weight is 412 g/mol. The summed E-state index contributed by atoms with van der Waals surface area (Å²) in [5.41, 5.74) is 0.731. The summed E-state index contributed by atoms with van der Waals surface area (Å²) in [4.78, 5) is 26.1. The van der Waals surface area contributed by atoms with Gasteiger partial charge in [0, 0.05) is 5.69 Å². The number of amides is 2. The van der Waals surface area contributed by atoms with E-state index in [9.17, 15) is 9.59 Å². The third-order valence-electron chi connectivity index (χ3n) is 3.63. The normalized spacial score (nSPS) is 14.2. The SMILES string of the molecule is CCOc1ccc(NC2=C(Cl)C(=O)N(c3cccc(Cl)c3Cl)C2=O)cc1. The first-order chi connectivity index (χ1) is 12.4. The van der Waals surface area contributed by atoms with Crippen molar-refractivity contribution in [2.75, 3.05) is 16.8 Å². The van der Waals surface area contributed by atoms with Crippen molar-refractivity contribution in [3.63, 3.8) is 0 Å². The maximum atomic E-state index is 12.7. The Morgan fingerprint density at radius 1 is 1.00 bits per heavy atom. The van der Waals surface area contributed by atoms with Crippen LogP contribution in [0.2, 0.25) is 10.0 Å². The summed E-state index contributed by atoms with van der Waals surface area (Å²) in [7, 11) is 0. The van der Waals surface area contributed by atoms with Crippen LogP contribution in [0.3, 0.4) is 0 Å². The molecule has 0 aromatic heterocycles. The van der Waals surface area contributed by atoms with Crippen LogP contribution >= 0.6 is 34.8 Å². The van der Waals surface area contributed by atoms with E-state index in [0.717, 1.165) is 4.90 Å². The molecular weight excluding hydrogens is 399 g/mol.